The van der Waals surface area contributed by atoms with Gasteiger partial charge in [0.15, 0.2) is 6.10 Å². The fourth-order valence-corrected chi connectivity index (χ4v) is 5.31. The van der Waals surface area contributed by atoms with Crippen LogP contribution in [0.1, 0.15) is 32.8 Å². The number of amides is 1. The molecule has 1 amide bonds. The van der Waals surface area contributed by atoms with Crippen molar-refractivity contribution in [2.24, 2.45) is 5.16 Å². The van der Waals surface area contributed by atoms with E-state index in [4.69, 9.17) is 18.5 Å². The number of aromatic nitrogens is 3. The second kappa shape index (κ2) is 11.3. The summed E-state index contributed by atoms with van der Waals surface area (Å²) < 4.78 is 34.4. The molecule has 12 heteroatoms. The molecule has 1 fully saturated rings. The van der Waals surface area contributed by atoms with Crippen LogP contribution in [0.2, 0.25) is 0 Å². The van der Waals surface area contributed by atoms with Crippen molar-refractivity contribution in [3.63, 3.8) is 0 Å². The summed E-state index contributed by atoms with van der Waals surface area (Å²) in [6.45, 7) is 7.65. The van der Waals surface area contributed by atoms with Gasteiger partial charge in [-0.1, -0.05) is 37.2 Å². The van der Waals surface area contributed by atoms with Gasteiger partial charge in [0.2, 0.25) is 0 Å². The predicted octanol–water partition coefficient (Wildman–Crippen LogP) is 5.41. The molecule has 1 aromatic heterocycles. The lowest BCUT2D eigenvalue weighted by atomic mass is 9.98. The number of nitrogens with zero attached hydrogens (tertiary/aromatic N) is 5. The largest absolute Gasteiger partial charge is 0.496 e. The lowest BCUT2D eigenvalue weighted by Gasteiger charge is -2.44. The third-order valence-corrected chi connectivity index (χ3v) is 11.3. The number of anilines is 1. The highest BCUT2D eigenvalue weighted by molar-refractivity contribution is 8.29. The molecular weight excluding hydrogens is 549 g/mol. The fourth-order valence-electron chi connectivity index (χ4n) is 4.47. The van der Waals surface area contributed by atoms with Crippen LogP contribution in [0.5, 0.6) is 5.75 Å². The lowest BCUT2D eigenvalue weighted by molar-refractivity contribution is 0.0510. The number of ether oxygens (including phenoxy) is 2. The summed E-state index contributed by atoms with van der Waals surface area (Å²) in [4.78, 5) is 19.6. The van der Waals surface area contributed by atoms with Gasteiger partial charge in [-0.25, -0.2) is 13.9 Å². The first-order valence-corrected chi connectivity index (χ1v) is 15.7. The van der Waals surface area contributed by atoms with Crippen LogP contribution in [-0.2, 0) is 20.3 Å². The van der Waals surface area contributed by atoms with E-state index in [0.717, 1.165) is 11.3 Å². The van der Waals surface area contributed by atoms with Gasteiger partial charge in [0.25, 0.3) is 0 Å². The monoisotopic (exact) mass is 585 g/mol. The first kappa shape index (κ1) is 28.9. The van der Waals surface area contributed by atoms with Crippen LogP contribution in [0.3, 0.4) is 0 Å². The molecular formula is C29H36FN5O5S. The number of benzene rings is 2. The Labute approximate surface area is 240 Å². The zero-order chi connectivity index (χ0) is 29.4. The van der Waals surface area contributed by atoms with E-state index < -0.39 is 28.3 Å². The van der Waals surface area contributed by atoms with Crippen molar-refractivity contribution in [3.05, 3.63) is 60.2 Å². The van der Waals surface area contributed by atoms with Crippen LogP contribution in [0.15, 0.2) is 53.9 Å². The molecule has 10 nitrogen and oxygen atoms in total. The van der Waals surface area contributed by atoms with Crippen LogP contribution >= 0.6 is 10.3 Å². The number of hydrogen-bond acceptors (Lipinski definition) is 8. The number of carbonyl (C=O) groups excluding carboxylic acids is 1. The molecule has 0 saturated carbocycles. The molecule has 0 spiro atoms. The molecule has 3 heterocycles. The standard InChI is InChI=1S/C29H36FN5O5S/c1-29(2,3)41(5,6)38-18-21-15-26(32-40-21)24-9-7-19(13-27(24)37-4)23-10-8-20(14-25(23)30)35-17-22(39-28(35)36)16-34-12-11-31-33-34/h7-14,21-22H,15-18H2,1-6H3/t21?,22-/m0/s1. The van der Waals surface area contributed by atoms with Crippen molar-refractivity contribution in [1.82, 2.24) is 15.0 Å². The van der Waals surface area contributed by atoms with Crippen molar-refractivity contribution in [3.8, 4) is 16.9 Å². The molecule has 1 unspecified atom stereocenters. The first-order valence-electron chi connectivity index (χ1n) is 13.4. The molecule has 2 aliphatic heterocycles. The van der Waals surface area contributed by atoms with Crippen molar-refractivity contribution in [2.75, 3.05) is 37.7 Å². The quantitative estimate of drug-likeness (QED) is 0.331. The van der Waals surface area contributed by atoms with E-state index in [1.54, 1.807) is 42.4 Å². The van der Waals surface area contributed by atoms with E-state index in [9.17, 15) is 4.79 Å². The van der Waals surface area contributed by atoms with Gasteiger partial charge in [0.1, 0.15) is 17.7 Å². The van der Waals surface area contributed by atoms with Gasteiger partial charge in [0, 0.05) is 28.5 Å². The van der Waals surface area contributed by atoms with Gasteiger partial charge in [0.05, 0.1) is 44.4 Å². The van der Waals surface area contributed by atoms with Gasteiger partial charge < -0.3 is 18.5 Å². The minimum absolute atomic E-state index is 0.0562. The van der Waals surface area contributed by atoms with E-state index in [0.29, 0.717) is 42.1 Å². The predicted molar refractivity (Wildman–Crippen MR) is 157 cm³/mol. The van der Waals surface area contributed by atoms with Crippen molar-refractivity contribution >= 4 is 27.8 Å². The van der Waals surface area contributed by atoms with E-state index in [2.05, 4.69) is 48.8 Å². The topological polar surface area (TPSA) is 100 Å². The fraction of sp³-hybridized carbons (Fsp3) is 0.448. The third kappa shape index (κ3) is 6.18. The van der Waals surface area contributed by atoms with Crippen LogP contribution in [0.25, 0.3) is 11.1 Å². The van der Waals surface area contributed by atoms with Gasteiger partial charge in [-0.2, -0.15) is 0 Å². The Balaban J connectivity index is 1.26. The first-order chi connectivity index (χ1) is 19.4. The van der Waals surface area contributed by atoms with Gasteiger partial charge in [-0.3, -0.25) is 4.90 Å². The Morgan fingerprint density at radius 3 is 2.59 bits per heavy atom. The second-order valence-corrected chi connectivity index (χ2v) is 15.3. The van der Waals surface area contributed by atoms with Crippen LogP contribution in [-0.4, -0.2) is 76.5 Å². The highest BCUT2D eigenvalue weighted by atomic mass is 32.3. The van der Waals surface area contributed by atoms with Gasteiger partial charge >= 0.3 is 6.09 Å². The Morgan fingerprint density at radius 1 is 1.12 bits per heavy atom. The molecule has 220 valence electrons. The number of rotatable bonds is 9. The van der Waals surface area contributed by atoms with Crippen molar-refractivity contribution in [1.29, 1.82) is 0 Å². The molecule has 0 N–H and O–H groups in total. The van der Waals surface area contributed by atoms with E-state index in [1.165, 1.54) is 11.0 Å². The molecule has 0 bridgehead atoms. The summed E-state index contributed by atoms with van der Waals surface area (Å²) in [5, 5.41) is 12.0. The molecule has 5 rings (SSSR count). The smallest absolute Gasteiger partial charge is 0.414 e. The highest BCUT2D eigenvalue weighted by Crippen LogP contribution is 2.54. The average molecular weight is 586 g/mol. The summed E-state index contributed by atoms with van der Waals surface area (Å²) in [6, 6.07) is 10.2. The highest BCUT2D eigenvalue weighted by Gasteiger charge is 2.34. The third-order valence-electron chi connectivity index (χ3n) is 7.58. The van der Waals surface area contributed by atoms with Crippen molar-refractivity contribution in [2.45, 2.75) is 50.7 Å². The van der Waals surface area contributed by atoms with Crippen molar-refractivity contribution < 1.29 is 27.7 Å². The Morgan fingerprint density at radius 2 is 1.90 bits per heavy atom. The molecule has 41 heavy (non-hydrogen) atoms. The molecule has 2 aromatic carbocycles. The number of oxime groups is 1. The summed E-state index contributed by atoms with van der Waals surface area (Å²) in [7, 11) is 0.301. The second-order valence-electron chi connectivity index (χ2n) is 11.4. The molecule has 0 aliphatic carbocycles. The summed E-state index contributed by atoms with van der Waals surface area (Å²) in [6.07, 6.45) is 7.03. The number of halogens is 1. The van der Waals surface area contributed by atoms with E-state index in [-0.39, 0.29) is 17.4 Å². The van der Waals surface area contributed by atoms with E-state index >= 15 is 4.39 Å². The van der Waals surface area contributed by atoms with E-state index in [1.807, 2.05) is 12.1 Å². The number of carbonyl (C=O) groups is 1. The zero-order valence-corrected chi connectivity index (χ0v) is 25.0. The van der Waals surface area contributed by atoms with Crippen LogP contribution in [0.4, 0.5) is 14.9 Å². The SMILES string of the molecule is COc1cc(-c2ccc(N3C[C@H](Cn4ccnn4)OC3=O)cc2F)ccc1C1=NOC(COS(C)(C)C(C)(C)C)C1. The molecule has 1 saturated heterocycles. The summed E-state index contributed by atoms with van der Waals surface area (Å²) in [5.74, 6) is 0.0992. The lowest BCUT2D eigenvalue weighted by Crippen LogP contribution is -2.28. The van der Waals surface area contributed by atoms with Crippen LogP contribution in [0, 0.1) is 5.82 Å². The number of cyclic esters (lactones) is 1. The Bertz CT molecular complexity index is 1440. The normalized spacial score (nSPS) is 19.6. The maximum Gasteiger partial charge on any atom is 0.414 e. The average Bonchev–Trinajstić information content (AvgIpc) is 3.68. The molecule has 2 atom stereocenters. The minimum Gasteiger partial charge on any atom is -0.496 e. The molecule has 2 aliphatic rings. The molecule has 3 aromatic rings. The zero-order valence-electron chi connectivity index (χ0n) is 24.2. The summed E-state index contributed by atoms with van der Waals surface area (Å²) >= 11 is 0. The number of hydrogen-bond donors (Lipinski definition) is 0. The maximum absolute atomic E-state index is 15.4. The van der Waals surface area contributed by atoms with Crippen LogP contribution < -0.4 is 9.64 Å². The van der Waals surface area contributed by atoms with Gasteiger partial charge in [-0.15, -0.1) is 15.4 Å². The number of methoxy groups -OCH3 is 1. The summed E-state index contributed by atoms with van der Waals surface area (Å²) in [5.41, 5.74) is 2.99. The Hall–Kier alpha value is -3.64. The van der Waals surface area contributed by atoms with Gasteiger partial charge in [-0.05, 0) is 48.4 Å². The Kier molecular flexibility index (Phi) is 7.97. The molecule has 0 radical (unpaired) electrons. The minimum atomic E-state index is -1.27. The maximum atomic E-state index is 15.4.